The van der Waals surface area contributed by atoms with E-state index in [2.05, 4.69) is 5.10 Å². The maximum Gasteiger partial charge on any atom is 0.256 e. The van der Waals surface area contributed by atoms with Gasteiger partial charge in [0.25, 0.3) is 10.0 Å². The Bertz CT molecular complexity index is 551. The second kappa shape index (κ2) is 3.34. The van der Waals surface area contributed by atoms with E-state index in [0.29, 0.717) is 5.52 Å². The van der Waals surface area contributed by atoms with Gasteiger partial charge in [-0.3, -0.25) is 0 Å². The summed E-state index contributed by atoms with van der Waals surface area (Å²) in [5, 5.41) is 4.40. The molecular formula is C10H12N2O2S. The summed E-state index contributed by atoms with van der Waals surface area (Å²) in [6.07, 6.45) is 1.55. The summed E-state index contributed by atoms with van der Waals surface area (Å²) in [6, 6.07) is 7.33. The van der Waals surface area contributed by atoms with Crippen LogP contribution in [0.5, 0.6) is 0 Å². The summed E-state index contributed by atoms with van der Waals surface area (Å²) in [5.41, 5.74) is 0.696. The average molecular weight is 224 g/mol. The Morgan fingerprint density at radius 2 is 1.93 bits per heavy atom. The van der Waals surface area contributed by atoms with Gasteiger partial charge in [-0.05, 0) is 19.9 Å². The molecule has 0 atom stereocenters. The zero-order valence-corrected chi connectivity index (χ0v) is 9.40. The summed E-state index contributed by atoms with van der Waals surface area (Å²) in [7, 11) is -3.33. The first-order valence-corrected chi connectivity index (χ1v) is 6.21. The second-order valence-electron chi connectivity index (χ2n) is 3.65. The molecule has 0 saturated heterocycles. The molecule has 0 aliphatic rings. The van der Waals surface area contributed by atoms with Crippen LogP contribution in [0.15, 0.2) is 30.5 Å². The van der Waals surface area contributed by atoms with Crippen molar-refractivity contribution in [1.82, 2.24) is 9.19 Å². The number of fused-ring (bicyclic) bond motifs is 1. The molecule has 0 fully saturated rings. The molecule has 0 N–H and O–H groups in total. The van der Waals surface area contributed by atoms with Gasteiger partial charge in [0.15, 0.2) is 0 Å². The van der Waals surface area contributed by atoms with Crippen molar-refractivity contribution in [1.29, 1.82) is 0 Å². The summed E-state index contributed by atoms with van der Waals surface area (Å²) in [5.74, 6) is 0. The lowest BCUT2D eigenvalue weighted by molar-refractivity contribution is 0.571. The molecule has 2 aromatic rings. The molecule has 1 heterocycles. The Kier molecular flexibility index (Phi) is 2.26. The minimum Gasteiger partial charge on any atom is -0.204 e. The van der Waals surface area contributed by atoms with Crippen LogP contribution < -0.4 is 0 Å². The summed E-state index contributed by atoms with van der Waals surface area (Å²) < 4.78 is 24.7. The van der Waals surface area contributed by atoms with Crippen molar-refractivity contribution in [2.24, 2.45) is 0 Å². The lowest BCUT2D eigenvalue weighted by Crippen LogP contribution is -2.22. The fraction of sp³-hybridized carbons (Fsp3) is 0.300. The Labute approximate surface area is 88.6 Å². The lowest BCUT2D eigenvalue weighted by atomic mass is 10.3. The molecule has 2 rings (SSSR count). The number of benzene rings is 1. The highest BCUT2D eigenvalue weighted by molar-refractivity contribution is 7.90. The third-order valence-electron chi connectivity index (χ3n) is 2.25. The predicted octanol–water partition coefficient (Wildman–Crippen LogP) is 1.62. The van der Waals surface area contributed by atoms with Crippen LogP contribution in [0.4, 0.5) is 0 Å². The number of rotatable bonds is 2. The number of hydrogen-bond donors (Lipinski definition) is 0. The standard InChI is InChI=1S/C10H12N2O2S/c1-8(2)15(13,14)12-7-9-5-3-4-6-10(9)11-12/h3-8H,1-2H3. The van der Waals surface area contributed by atoms with Gasteiger partial charge in [-0.15, -0.1) is 0 Å². The maximum atomic E-state index is 11.8. The summed E-state index contributed by atoms with van der Waals surface area (Å²) in [6.45, 7) is 3.28. The lowest BCUT2D eigenvalue weighted by Gasteiger charge is -2.05. The van der Waals surface area contributed by atoms with Gasteiger partial charge in [0.2, 0.25) is 0 Å². The highest BCUT2D eigenvalue weighted by Gasteiger charge is 2.19. The molecule has 1 aromatic heterocycles. The molecule has 0 bridgehead atoms. The van der Waals surface area contributed by atoms with Gasteiger partial charge < -0.3 is 0 Å². The van der Waals surface area contributed by atoms with Gasteiger partial charge >= 0.3 is 0 Å². The van der Waals surface area contributed by atoms with E-state index >= 15 is 0 Å². The fourth-order valence-corrected chi connectivity index (χ4v) is 2.18. The normalized spacial score (nSPS) is 12.5. The number of hydrogen-bond acceptors (Lipinski definition) is 3. The van der Waals surface area contributed by atoms with E-state index in [4.69, 9.17) is 0 Å². The molecule has 80 valence electrons. The highest BCUT2D eigenvalue weighted by atomic mass is 32.2. The van der Waals surface area contributed by atoms with Crippen molar-refractivity contribution in [2.45, 2.75) is 19.1 Å². The van der Waals surface area contributed by atoms with Crippen molar-refractivity contribution in [3.63, 3.8) is 0 Å². The third-order valence-corrected chi connectivity index (χ3v) is 4.15. The molecule has 0 radical (unpaired) electrons. The van der Waals surface area contributed by atoms with Crippen LogP contribution in [-0.4, -0.2) is 22.9 Å². The smallest absolute Gasteiger partial charge is 0.204 e. The molecule has 1 aromatic carbocycles. The molecule has 15 heavy (non-hydrogen) atoms. The monoisotopic (exact) mass is 224 g/mol. The van der Waals surface area contributed by atoms with E-state index in [9.17, 15) is 8.42 Å². The minimum atomic E-state index is -3.33. The number of aromatic nitrogens is 2. The van der Waals surface area contributed by atoms with Crippen LogP contribution in [0.3, 0.4) is 0 Å². The van der Waals surface area contributed by atoms with Gasteiger partial charge in [0.05, 0.1) is 17.0 Å². The molecule has 0 aliphatic carbocycles. The molecule has 0 saturated carbocycles. The van der Waals surface area contributed by atoms with Gasteiger partial charge in [-0.25, -0.2) is 8.42 Å². The van der Waals surface area contributed by atoms with E-state index in [1.54, 1.807) is 26.1 Å². The van der Waals surface area contributed by atoms with Crippen molar-refractivity contribution in [3.05, 3.63) is 30.5 Å². The molecule has 5 heteroatoms. The van der Waals surface area contributed by atoms with Crippen LogP contribution in [0.1, 0.15) is 13.8 Å². The quantitative estimate of drug-likeness (QED) is 0.779. The number of nitrogens with zero attached hydrogens (tertiary/aromatic N) is 2. The molecule has 4 nitrogen and oxygen atoms in total. The van der Waals surface area contributed by atoms with Crippen molar-refractivity contribution in [2.75, 3.05) is 0 Å². The van der Waals surface area contributed by atoms with Crippen LogP contribution >= 0.6 is 0 Å². The van der Waals surface area contributed by atoms with Gasteiger partial charge in [-0.2, -0.15) is 9.19 Å². The van der Waals surface area contributed by atoms with Crippen LogP contribution in [-0.2, 0) is 10.0 Å². The fourth-order valence-electron chi connectivity index (χ4n) is 1.29. The van der Waals surface area contributed by atoms with E-state index in [1.807, 2.05) is 18.2 Å². The molecular weight excluding hydrogens is 212 g/mol. The second-order valence-corrected chi connectivity index (χ2v) is 6.00. The first kappa shape index (κ1) is 10.2. The Balaban J connectivity index is 2.64. The summed E-state index contributed by atoms with van der Waals surface area (Å²) in [4.78, 5) is 0. The van der Waals surface area contributed by atoms with E-state index in [0.717, 1.165) is 9.47 Å². The first-order chi connectivity index (χ1) is 7.01. The van der Waals surface area contributed by atoms with Crippen LogP contribution in [0.2, 0.25) is 0 Å². The van der Waals surface area contributed by atoms with Gasteiger partial charge in [0.1, 0.15) is 0 Å². The van der Waals surface area contributed by atoms with Gasteiger partial charge in [-0.1, -0.05) is 18.2 Å². The molecule has 0 spiro atoms. The van der Waals surface area contributed by atoms with E-state index < -0.39 is 15.3 Å². The molecule has 0 aliphatic heterocycles. The zero-order chi connectivity index (χ0) is 11.1. The highest BCUT2D eigenvalue weighted by Crippen LogP contribution is 2.14. The van der Waals surface area contributed by atoms with Crippen molar-refractivity contribution in [3.8, 4) is 0 Å². The third kappa shape index (κ3) is 1.63. The Hall–Kier alpha value is -1.36. The van der Waals surface area contributed by atoms with E-state index in [1.165, 1.54) is 0 Å². The Morgan fingerprint density at radius 1 is 1.27 bits per heavy atom. The Morgan fingerprint density at radius 3 is 2.53 bits per heavy atom. The van der Waals surface area contributed by atoms with Crippen LogP contribution in [0, 0.1) is 0 Å². The molecule has 0 amide bonds. The largest absolute Gasteiger partial charge is 0.256 e. The van der Waals surface area contributed by atoms with E-state index in [-0.39, 0.29) is 0 Å². The predicted molar refractivity (Wildman–Crippen MR) is 59.2 cm³/mol. The van der Waals surface area contributed by atoms with Crippen molar-refractivity contribution >= 4 is 20.9 Å². The van der Waals surface area contributed by atoms with Crippen LogP contribution in [0.25, 0.3) is 10.9 Å². The SMILES string of the molecule is CC(C)S(=O)(=O)n1cc2ccccc2n1. The zero-order valence-electron chi connectivity index (χ0n) is 8.58. The topological polar surface area (TPSA) is 52.0 Å². The maximum absolute atomic E-state index is 11.8. The summed E-state index contributed by atoms with van der Waals surface area (Å²) >= 11 is 0. The van der Waals surface area contributed by atoms with Crippen molar-refractivity contribution < 1.29 is 8.42 Å². The molecule has 0 unspecified atom stereocenters. The van der Waals surface area contributed by atoms with Gasteiger partial charge in [0, 0.05) is 5.39 Å². The first-order valence-electron chi connectivity index (χ1n) is 4.70. The minimum absolute atomic E-state index is 0.466. The average Bonchev–Trinajstić information content (AvgIpc) is 2.61.